The molecule has 0 radical (unpaired) electrons. The number of carbonyl (C=O) groups is 1. The topological polar surface area (TPSA) is 43.6 Å². The molecule has 1 heterocycles. The first-order chi connectivity index (χ1) is 12.1. The molecule has 3 aromatic rings. The van der Waals surface area contributed by atoms with Crippen LogP contribution in [0.4, 0.5) is 0 Å². The average molecular weight is 373 g/mol. The summed E-state index contributed by atoms with van der Waals surface area (Å²) in [7, 11) is 1.66. The van der Waals surface area contributed by atoms with Crippen molar-refractivity contribution in [2.75, 3.05) is 19.1 Å². The molecular weight excluding hydrogens is 352 g/mol. The molecule has 0 bridgehead atoms. The lowest BCUT2D eigenvalue weighted by Gasteiger charge is -2.04. The monoisotopic (exact) mass is 372 g/mol. The highest BCUT2D eigenvalue weighted by atomic mass is 32.2. The molecule has 0 fully saturated rings. The molecule has 3 rings (SSSR count). The standard InChI is InChI=1S/C19H20N2O2S2/c1-13-5-4-6-14(11-13)18(22)20-19-21(9-10-24-3)16-8-7-15(23-2)12-17(16)25-19/h4-8,11-12H,9-10H2,1-3H3. The van der Waals surface area contributed by atoms with Gasteiger partial charge in [-0.05, 0) is 43.5 Å². The van der Waals surface area contributed by atoms with E-state index in [0.29, 0.717) is 5.56 Å². The first-order valence-electron chi connectivity index (χ1n) is 7.94. The number of rotatable bonds is 5. The molecular formula is C19H20N2O2S2. The molecule has 4 nitrogen and oxygen atoms in total. The van der Waals surface area contributed by atoms with Crippen LogP contribution < -0.4 is 9.54 Å². The second-order valence-corrected chi connectivity index (χ2v) is 7.64. The van der Waals surface area contributed by atoms with Crippen LogP contribution in [0.5, 0.6) is 5.75 Å². The Kier molecular flexibility index (Phi) is 5.60. The van der Waals surface area contributed by atoms with E-state index in [4.69, 9.17) is 4.74 Å². The molecule has 0 N–H and O–H groups in total. The summed E-state index contributed by atoms with van der Waals surface area (Å²) >= 11 is 3.29. The van der Waals surface area contributed by atoms with Crippen molar-refractivity contribution >= 4 is 39.2 Å². The zero-order valence-corrected chi connectivity index (χ0v) is 16.1. The van der Waals surface area contributed by atoms with Crippen molar-refractivity contribution in [2.45, 2.75) is 13.5 Å². The summed E-state index contributed by atoms with van der Waals surface area (Å²) in [4.78, 5) is 17.7. The van der Waals surface area contributed by atoms with Gasteiger partial charge in [-0.1, -0.05) is 29.0 Å². The molecule has 0 saturated heterocycles. The van der Waals surface area contributed by atoms with Gasteiger partial charge in [0.05, 0.1) is 17.3 Å². The predicted octanol–water partition coefficient (Wildman–Crippen LogP) is 4.12. The van der Waals surface area contributed by atoms with Gasteiger partial charge < -0.3 is 9.30 Å². The smallest absolute Gasteiger partial charge is 0.279 e. The van der Waals surface area contributed by atoms with E-state index in [9.17, 15) is 4.79 Å². The number of ether oxygens (including phenoxy) is 1. The van der Waals surface area contributed by atoms with Crippen molar-refractivity contribution in [2.24, 2.45) is 4.99 Å². The maximum absolute atomic E-state index is 12.6. The Hall–Kier alpha value is -2.05. The molecule has 2 aromatic carbocycles. The second-order valence-electron chi connectivity index (χ2n) is 5.65. The Morgan fingerprint density at radius 3 is 2.84 bits per heavy atom. The van der Waals surface area contributed by atoms with Gasteiger partial charge in [0, 0.05) is 17.9 Å². The Morgan fingerprint density at radius 1 is 1.28 bits per heavy atom. The predicted molar refractivity (Wildman–Crippen MR) is 106 cm³/mol. The quantitative estimate of drug-likeness (QED) is 0.676. The average Bonchev–Trinajstić information content (AvgIpc) is 2.95. The number of nitrogens with zero attached hydrogens (tertiary/aromatic N) is 2. The van der Waals surface area contributed by atoms with Gasteiger partial charge in [0.1, 0.15) is 5.75 Å². The van der Waals surface area contributed by atoms with Crippen molar-refractivity contribution in [1.29, 1.82) is 0 Å². The molecule has 0 saturated carbocycles. The third-order valence-corrected chi connectivity index (χ3v) is 5.50. The fourth-order valence-electron chi connectivity index (χ4n) is 2.59. The van der Waals surface area contributed by atoms with E-state index >= 15 is 0 Å². The fourth-order valence-corrected chi connectivity index (χ4v) is 4.04. The molecule has 0 unspecified atom stereocenters. The van der Waals surface area contributed by atoms with Crippen molar-refractivity contribution < 1.29 is 9.53 Å². The van der Waals surface area contributed by atoms with E-state index in [1.165, 1.54) is 11.3 Å². The highest BCUT2D eigenvalue weighted by Crippen LogP contribution is 2.23. The van der Waals surface area contributed by atoms with Crippen molar-refractivity contribution in [1.82, 2.24) is 4.57 Å². The van der Waals surface area contributed by atoms with Gasteiger partial charge in [0.15, 0.2) is 4.80 Å². The van der Waals surface area contributed by atoms with Gasteiger partial charge in [-0.3, -0.25) is 4.79 Å². The van der Waals surface area contributed by atoms with Gasteiger partial charge in [0.2, 0.25) is 0 Å². The van der Waals surface area contributed by atoms with Crippen LogP contribution in [0.2, 0.25) is 0 Å². The number of aryl methyl sites for hydroxylation is 2. The SMILES string of the molecule is COc1ccc2c(c1)sc(=NC(=O)c1cccc(C)c1)n2CCSC. The lowest BCUT2D eigenvalue weighted by molar-refractivity contribution is 0.0998. The molecule has 0 aliphatic carbocycles. The first kappa shape index (κ1) is 17.8. The normalized spacial score (nSPS) is 11.9. The minimum absolute atomic E-state index is 0.208. The number of hydrogen-bond acceptors (Lipinski definition) is 4. The van der Waals surface area contributed by atoms with Gasteiger partial charge >= 0.3 is 0 Å². The summed E-state index contributed by atoms with van der Waals surface area (Å²) in [5.74, 6) is 1.56. The number of thiazole rings is 1. The minimum atomic E-state index is -0.208. The maximum Gasteiger partial charge on any atom is 0.279 e. The summed E-state index contributed by atoms with van der Waals surface area (Å²) in [6.07, 6.45) is 2.08. The zero-order chi connectivity index (χ0) is 17.8. The van der Waals surface area contributed by atoms with E-state index in [2.05, 4.69) is 15.8 Å². The summed E-state index contributed by atoms with van der Waals surface area (Å²) in [5, 5.41) is 0. The van der Waals surface area contributed by atoms with Crippen LogP contribution in [0.25, 0.3) is 10.2 Å². The molecule has 25 heavy (non-hydrogen) atoms. The van der Waals surface area contributed by atoms with E-state index in [1.807, 2.05) is 43.3 Å². The van der Waals surface area contributed by atoms with E-state index in [0.717, 1.165) is 38.6 Å². The van der Waals surface area contributed by atoms with Crippen LogP contribution in [-0.2, 0) is 6.54 Å². The molecule has 0 aliphatic rings. The van der Waals surface area contributed by atoms with Gasteiger partial charge in [-0.25, -0.2) is 0 Å². The van der Waals surface area contributed by atoms with Gasteiger partial charge in [0.25, 0.3) is 5.91 Å². The molecule has 1 amide bonds. The molecule has 130 valence electrons. The number of carbonyl (C=O) groups excluding carboxylic acids is 1. The number of amides is 1. The Labute approximate surface area is 155 Å². The highest BCUT2D eigenvalue weighted by Gasteiger charge is 2.10. The molecule has 0 aliphatic heterocycles. The van der Waals surface area contributed by atoms with Crippen LogP contribution in [-0.4, -0.2) is 29.6 Å². The number of benzene rings is 2. The highest BCUT2D eigenvalue weighted by molar-refractivity contribution is 7.98. The van der Waals surface area contributed by atoms with E-state index in [-0.39, 0.29) is 5.91 Å². The Morgan fingerprint density at radius 2 is 2.12 bits per heavy atom. The van der Waals surface area contributed by atoms with Crippen LogP contribution in [0.15, 0.2) is 47.5 Å². The van der Waals surface area contributed by atoms with Gasteiger partial charge in [-0.15, -0.1) is 0 Å². The summed E-state index contributed by atoms with van der Waals surface area (Å²) in [6.45, 7) is 2.79. The lowest BCUT2D eigenvalue weighted by atomic mass is 10.1. The number of aromatic nitrogens is 1. The van der Waals surface area contributed by atoms with Crippen molar-refractivity contribution in [3.8, 4) is 5.75 Å². The zero-order valence-electron chi connectivity index (χ0n) is 14.5. The van der Waals surface area contributed by atoms with Crippen molar-refractivity contribution in [3.63, 3.8) is 0 Å². The lowest BCUT2D eigenvalue weighted by Crippen LogP contribution is -2.18. The molecule has 0 atom stereocenters. The second kappa shape index (κ2) is 7.89. The number of methoxy groups -OCH3 is 1. The largest absolute Gasteiger partial charge is 0.497 e. The van der Waals surface area contributed by atoms with Crippen LogP contribution in [0.1, 0.15) is 15.9 Å². The Bertz CT molecular complexity index is 973. The molecule has 0 spiro atoms. The minimum Gasteiger partial charge on any atom is -0.497 e. The third-order valence-electron chi connectivity index (χ3n) is 3.87. The van der Waals surface area contributed by atoms with E-state index < -0.39 is 0 Å². The van der Waals surface area contributed by atoms with Gasteiger partial charge in [-0.2, -0.15) is 16.8 Å². The maximum atomic E-state index is 12.6. The van der Waals surface area contributed by atoms with Crippen molar-refractivity contribution in [3.05, 3.63) is 58.4 Å². The summed E-state index contributed by atoms with van der Waals surface area (Å²) in [6, 6.07) is 13.5. The summed E-state index contributed by atoms with van der Waals surface area (Å²) in [5.41, 5.74) is 2.75. The number of hydrogen-bond donors (Lipinski definition) is 0. The fraction of sp³-hybridized carbons (Fsp3) is 0.263. The van der Waals surface area contributed by atoms with Crippen LogP contribution >= 0.6 is 23.1 Å². The summed E-state index contributed by atoms with van der Waals surface area (Å²) < 4.78 is 8.49. The number of fused-ring (bicyclic) bond motifs is 1. The molecule has 6 heteroatoms. The Balaban J connectivity index is 2.11. The first-order valence-corrected chi connectivity index (χ1v) is 10.2. The van der Waals surface area contributed by atoms with Crippen LogP contribution in [0.3, 0.4) is 0 Å². The number of thioether (sulfide) groups is 1. The van der Waals surface area contributed by atoms with Crippen LogP contribution in [0, 0.1) is 6.92 Å². The van der Waals surface area contributed by atoms with E-state index in [1.54, 1.807) is 24.9 Å². The molecule has 1 aromatic heterocycles. The third kappa shape index (κ3) is 3.96.